The summed E-state index contributed by atoms with van der Waals surface area (Å²) < 4.78 is 45.1. The van der Waals surface area contributed by atoms with E-state index in [1.165, 1.54) is 6.07 Å². The topological polar surface area (TPSA) is 72.7 Å². The summed E-state index contributed by atoms with van der Waals surface area (Å²) in [6.45, 7) is 6.13. The summed E-state index contributed by atoms with van der Waals surface area (Å²) in [5.74, 6) is -0.0359. The van der Waals surface area contributed by atoms with Gasteiger partial charge in [0.25, 0.3) is 5.69 Å². The summed E-state index contributed by atoms with van der Waals surface area (Å²) in [4.78, 5) is 23.5. The molecule has 1 fully saturated rings. The number of hydrogen-bond acceptors (Lipinski definition) is 4. The molecule has 0 N–H and O–H groups in total. The summed E-state index contributed by atoms with van der Waals surface area (Å²) in [6.07, 6.45) is -3.82. The van der Waals surface area contributed by atoms with Crippen LogP contribution in [-0.2, 0) is 17.3 Å². The number of piperidine rings is 1. The van der Waals surface area contributed by atoms with E-state index in [0.717, 1.165) is 6.07 Å². The Morgan fingerprint density at radius 1 is 1.26 bits per heavy atom. The Morgan fingerprint density at radius 2 is 1.85 bits per heavy atom. The molecule has 2 rings (SSSR count). The Kier molecular flexibility index (Phi) is 6.01. The fraction of sp³-hybridized carbons (Fsp3) is 0.611. The molecule has 9 heteroatoms. The van der Waals surface area contributed by atoms with Crippen LogP contribution in [0.5, 0.6) is 0 Å². The van der Waals surface area contributed by atoms with Gasteiger partial charge in [-0.25, -0.2) is 4.79 Å². The van der Waals surface area contributed by atoms with E-state index < -0.39 is 34.0 Å². The summed E-state index contributed by atoms with van der Waals surface area (Å²) in [6, 6.07) is 2.87. The minimum atomic E-state index is -4.65. The first kappa shape index (κ1) is 21.0. The van der Waals surface area contributed by atoms with Crippen molar-refractivity contribution in [1.29, 1.82) is 0 Å². The van der Waals surface area contributed by atoms with Gasteiger partial charge in [0.1, 0.15) is 5.60 Å². The fourth-order valence-electron chi connectivity index (χ4n) is 3.08. The van der Waals surface area contributed by atoms with E-state index in [2.05, 4.69) is 0 Å². The molecule has 0 radical (unpaired) electrons. The van der Waals surface area contributed by atoms with Crippen molar-refractivity contribution >= 4 is 11.8 Å². The molecule has 1 heterocycles. The van der Waals surface area contributed by atoms with Gasteiger partial charge in [-0.15, -0.1) is 0 Å². The lowest BCUT2D eigenvalue weighted by Gasteiger charge is -2.33. The number of alkyl halides is 3. The largest absolute Gasteiger partial charge is 0.444 e. The summed E-state index contributed by atoms with van der Waals surface area (Å²) in [5, 5.41) is 10.8. The van der Waals surface area contributed by atoms with Gasteiger partial charge in [0.15, 0.2) is 0 Å². The van der Waals surface area contributed by atoms with Gasteiger partial charge >= 0.3 is 12.3 Å². The molecule has 1 amide bonds. The van der Waals surface area contributed by atoms with E-state index in [1.54, 1.807) is 25.7 Å². The number of carbonyl (C=O) groups excluding carboxylic acids is 1. The quantitative estimate of drug-likeness (QED) is 0.551. The molecule has 27 heavy (non-hydrogen) atoms. The number of nitrogens with zero attached hydrogens (tertiary/aromatic N) is 2. The Morgan fingerprint density at radius 3 is 2.33 bits per heavy atom. The van der Waals surface area contributed by atoms with Gasteiger partial charge in [-0.2, -0.15) is 13.2 Å². The number of likely N-dealkylation sites (tertiary alicyclic amines) is 1. The normalized spacial score (nSPS) is 16.3. The molecule has 0 spiro atoms. The molecule has 0 atom stereocenters. The average molecular weight is 388 g/mol. The van der Waals surface area contributed by atoms with Crippen molar-refractivity contribution < 1.29 is 27.6 Å². The van der Waals surface area contributed by atoms with Gasteiger partial charge in [0.2, 0.25) is 0 Å². The number of rotatable bonds is 3. The summed E-state index contributed by atoms with van der Waals surface area (Å²) in [5.41, 5.74) is -2.10. The van der Waals surface area contributed by atoms with Crippen LogP contribution in [0.3, 0.4) is 0 Å². The molecule has 0 bridgehead atoms. The molecule has 0 aliphatic carbocycles. The second kappa shape index (κ2) is 7.74. The lowest BCUT2D eigenvalue weighted by Crippen LogP contribution is -2.42. The number of hydrogen-bond donors (Lipinski definition) is 0. The van der Waals surface area contributed by atoms with Crippen LogP contribution in [0.1, 0.15) is 44.7 Å². The smallest absolute Gasteiger partial charge is 0.416 e. The van der Waals surface area contributed by atoms with Gasteiger partial charge < -0.3 is 9.64 Å². The van der Waals surface area contributed by atoms with Gasteiger partial charge in [-0.3, -0.25) is 10.1 Å². The minimum Gasteiger partial charge on any atom is -0.444 e. The van der Waals surface area contributed by atoms with Gasteiger partial charge in [-0.1, -0.05) is 6.07 Å². The molecular weight excluding hydrogens is 365 g/mol. The standard InChI is InChI=1S/C18H23F3N2O4/c1-17(2,3)27-16(24)22-8-6-12(7-9-22)10-13-4-5-14(23(25)26)11-15(13)18(19,20)21/h4-5,11-12H,6-10H2,1-3H3. The van der Waals surface area contributed by atoms with Gasteiger partial charge in [0.05, 0.1) is 10.5 Å². The Balaban J connectivity index is 2.05. The van der Waals surface area contributed by atoms with Crippen molar-refractivity contribution in [3.05, 3.63) is 39.4 Å². The maximum Gasteiger partial charge on any atom is 0.416 e. The molecule has 1 aliphatic heterocycles. The lowest BCUT2D eigenvalue weighted by atomic mass is 9.88. The van der Waals surface area contributed by atoms with Crippen molar-refractivity contribution in [2.75, 3.05) is 13.1 Å². The van der Waals surface area contributed by atoms with E-state index in [0.29, 0.717) is 32.0 Å². The number of nitro benzene ring substituents is 1. The van der Waals surface area contributed by atoms with E-state index in [1.807, 2.05) is 0 Å². The highest BCUT2D eigenvalue weighted by Gasteiger charge is 2.36. The number of ether oxygens (including phenoxy) is 1. The SMILES string of the molecule is CC(C)(C)OC(=O)N1CCC(Cc2ccc([N+](=O)[O-])cc2C(F)(F)F)CC1. The van der Waals surface area contributed by atoms with Crippen LogP contribution in [0, 0.1) is 16.0 Å². The molecule has 1 aliphatic rings. The molecule has 0 aromatic heterocycles. The first-order valence-corrected chi connectivity index (χ1v) is 8.69. The molecule has 0 unspecified atom stereocenters. The van der Waals surface area contributed by atoms with Crippen molar-refractivity contribution in [2.45, 2.75) is 51.8 Å². The van der Waals surface area contributed by atoms with Gasteiger partial charge in [-0.05, 0) is 51.5 Å². The van der Waals surface area contributed by atoms with E-state index in [4.69, 9.17) is 4.74 Å². The van der Waals surface area contributed by atoms with Crippen molar-refractivity contribution in [1.82, 2.24) is 4.90 Å². The zero-order chi connectivity index (χ0) is 20.4. The Hall–Kier alpha value is -2.32. The van der Waals surface area contributed by atoms with Crippen LogP contribution in [0.15, 0.2) is 18.2 Å². The zero-order valence-electron chi connectivity index (χ0n) is 15.5. The van der Waals surface area contributed by atoms with Crippen molar-refractivity contribution in [2.24, 2.45) is 5.92 Å². The second-order valence-electron chi connectivity index (χ2n) is 7.71. The highest BCUT2D eigenvalue weighted by Crippen LogP contribution is 2.36. The van der Waals surface area contributed by atoms with E-state index >= 15 is 0 Å². The highest BCUT2D eigenvalue weighted by atomic mass is 19.4. The maximum atomic E-state index is 13.3. The van der Waals surface area contributed by atoms with Crippen LogP contribution in [0.2, 0.25) is 0 Å². The molecule has 0 saturated carbocycles. The predicted molar refractivity (Wildman–Crippen MR) is 92.3 cm³/mol. The third-order valence-corrected chi connectivity index (χ3v) is 4.38. The van der Waals surface area contributed by atoms with Gasteiger partial charge in [0, 0.05) is 25.2 Å². The lowest BCUT2D eigenvalue weighted by molar-refractivity contribution is -0.385. The molecule has 6 nitrogen and oxygen atoms in total. The second-order valence-corrected chi connectivity index (χ2v) is 7.71. The average Bonchev–Trinajstić information content (AvgIpc) is 2.53. The molecular formula is C18H23F3N2O4. The van der Waals surface area contributed by atoms with E-state index in [9.17, 15) is 28.1 Å². The Labute approximate surface area is 155 Å². The summed E-state index contributed by atoms with van der Waals surface area (Å²) in [7, 11) is 0. The number of halogens is 3. The molecule has 1 aromatic rings. The number of amides is 1. The minimum absolute atomic E-state index is 0.0359. The van der Waals surface area contributed by atoms with Crippen molar-refractivity contribution in [3.63, 3.8) is 0 Å². The van der Waals surface area contributed by atoms with Crippen molar-refractivity contribution in [3.8, 4) is 0 Å². The highest BCUT2D eigenvalue weighted by molar-refractivity contribution is 5.68. The summed E-state index contributed by atoms with van der Waals surface area (Å²) >= 11 is 0. The van der Waals surface area contributed by atoms with Crippen LogP contribution in [0.25, 0.3) is 0 Å². The molecule has 1 aromatic carbocycles. The zero-order valence-corrected chi connectivity index (χ0v) is 15.5. The third kappa shape index (κ3) is 5.83. The maximum absolute atomic E-state index is 13.3. The first-order valence-electron chi connectivity index (χ1n) is 8.69. The van der Waals surface area contributed by atoms with Crippen LogP contribution >= 0.6 is 0 Å². The number of benzene rings is 1. The van der Waals surface area contributed by atoms with Crippen LogP contribution in [0.4, 0.5) is 23.7 Å². The number of non-ortho nitro benzene ring substituents is 1. The van der Waals surface area contributed by atoms with Crippen LogP contribution < -0.4 is 0 Å². The Bertz CT molecular complexity index is 706. The first-order chi connectivity index (χ1) is 12.4. The molecule has 1 saturated heterocycles. The van der Waals surface area contributed by atoms with Crippen LogP contribution in [-0.4, -0.2) is 34.6 Å². The fourth-order valence-corrected chi connectivity index (χ4v) is 3.08. The van der Waals surface area contributed by atoms with E-state index in [-0.39, 0.29) is 17.9 Å². The third-order valence-electron chi connectivity index (χ3n) is 4.38. The predicted octanol–water partition coefficient (Wildman–Crippen LogP) is 4.80. The number of nitro groups is 1. The number of carbonyl (C=O) groups is 1. The monoisotopic (exact) mass is 388 g/mol. The molecule has 150 valence electrons.